The lowest BCUT2D eigenvalue weighted by Crippen LogP contribution is -3.00. The first-order valence-electron chi connectivity index (χ1n) is 5.18. The minimum Gasteiger partial charge on any atom is -1.00 e. The summed E-state index contributed by atoms with van der Waals surface area (Å²) in [5.74, 6) is -0.432. The van der Waals surface area contributed by atoms with Gasteiger partial charge in [-0.05, 0) is 30.3 Å². The monoisotopic (exact) mass is 310 g/mol. The molecule has 3 nitrogen and oxygen atoms in total. The summed E-state index contributed by atoms with van der Waals surface area (Å²) in [7, 11) is 0. The number of carbonyl (C=O) groups excluding carboxylic acids is 1. The molecule has 0 aliphatic carbocycles. The van der Waals surface area contributed by atoms with E-state index in [1.165, 1.54) is 24.3 Å². The fourth-order valence-electron chi connectivity index (χ4n) is 1.53. The number of nitrogens with two attached hydrogens (primary N) is 1. The molecule has 0 radical (unpaired) electrons. The minimum absolute atomic E-state index is 0. The first-order valence-corrected chi connectivity index (χ1v) is 5.18. The average Bonchev–Trinajstić information content (AvgIpc) is 2.29. The first kappa shape index (κ1) is 14.3. The van der Waals surface area contributed by atoms with E-state index in [9.17, 15) is 9.18 Å². The van der Waals surface area contributed by atoms with E-state index >= 15 is 0 Å². The van der Waals surface area contributed by atoms with Crippen molar-refractivity contribution < 1.29 is 30.7 Å². The Kier molecular flexibility index (Phi) is 4.97. The van der Waals surface area contributed by atoms with Gasteiger partial charge in [-0.1, -0.05) is 0 Å². The maximum atomic E-state index is 12.7. The molecular weight excluding hydrogens is 299 g/mol. The largest absolute Gasteiger partial charge is 1.00 e. The summed E-state index contributed by atoms with van der Waals surface area (Å²) in [6, 6.07) is 9.02. The normalized spacial score (nSPS) is 9.61. The van der Waals surface area contributed by atoms with Crippen LogP contribution in [0.15, 0.2) is 48.8 Å². The molecule has 94 valence electrons. The molecule has 0 fully saturated rings. The lowest BCUT2D eigenvalue weighted by molar-refractivity contribution is -0.682. The summed E-state index contributed by atoms with van der Waals surface area (Å²) in [5, 5.41) is 0. The van der Waals surface area contributed by atoms with Gasteiger partial charge in [0, 0.05) is 11.6 Å². The molecule has 0 amide bonds. The van der Waals surface area contributed by atoms with E-state index in [4.69, 9.17) is 5.73 Å². The van der Waals surface area contributed by atoms with E-state index in [0.29, 0.717) is 11.3 Å². The summed E-state index contributed by atoms with van der Waals surface area (Å²) in [6.07, 6.45) is 3.44. The summed E-state index contributed by atoms with van der Waals surface area (Å²) in [4.78, 5) is 11.9. The quantitative estimate of drug-likeness (QED) is 0.559. The SMILES string of the molecule is Nc1ccc[n+](CC(=O)c2ccc(F)cc2)c1.[Br-]. The predicted octanol–water partition coefficient (Wildman–Crippen LogP) is -1.42. The van der Waals surface area contributed by atoms with Crippen LogP contribution < -0.4 is 27.3 Å². The van der Waals surface area contributed by atoms with Gasteiger partial charge in [-0.15, -0.1) is 0 Å². The van der Waals surface area contributed by atoms with Crippen LogP contribution >= 0.6 is 0 Å². The number of halogens is 2. The van der Waals surface area contributed by atoms with Crippen LogP contribution in [0.2, 0.25) is 0 Å². The van der Waals surface area contributed by atoms with Crippen molar-refractivity contribution in [2.24, 2.45) is 0 Å². The Morgan fingerprint density at radius 1 is 1.22 bits per heavy atom. The topological polar surface area (TPSA) is 47.0 Å². The highest BCUT2D eigenvalue weighted by atomic mass is 79.9. The first-order chi connectivity index (χ1) is 8.15. The lowest BCUT2D eigenvalue weighted by atomic mass is 10.1. The second-order valence-electron chi connectivity index (χ2n) is 3.74. The van der Waals surface area contributed by atoms with Gasteiger partial charge in [0.25, 0.3) is 0 Å². The highest BCUT2D eigenvalue weighted by molar-refractivity contribution is 5.94. The van der Waals surface area contributed by atoms with E-state index in [-0.39, 0.29) is 35.1 Å². The molecule has 0 spiro atoms. The van der Waals surface area contributed by atoms with E-state index in [1.54, 1.807) is 29.1 Å². The summed E-state index contributed by atoms with van der Waals surface area (Å²) in [6.45, 7) is 0.191. The Hall–Kier alpha value is -1.75. The standard InChI is InChI=1S/C13H12FN2O.BrH/c14-11-5-3-10(4-6-11)13(17)9-16-7-1-2-12(15)8-16;/h1-8H,9,15H2;1H/q+1;/p-1. The van der Waals surface area contributed by atoms with Gasteiger partial charge >= 0.3 is 0 Å². The van der Waals surface area contributed by atoms with Crippen LogP contribution in [-0.2, 0) is 6.54 Å². The van der Waals surface area contributed by atoms with Crippen LogP contribution in [0.3, 0.4) is 0 Å². The van der Waals surface area contributed by atoms with Crippen LogP contribution in [0.5, 0.6) is 0 Å². The zero-order valence-corrected chi connectivity index (χ0v) is 11.1. The Morgan fingerprint density at radius 2 is 1.89 bits per heavy atom. The number of pyridine rings is 1. The second-order valence-corrected chi connectivity index (χ2v) is 3.74. The third-order valence-electron chi connectivity index (χ3n) is 2.37. The van der Waals surface area contributed by atoms with Crippen molar-refractivity contribution in [2.75, 3.05) is 5.73 Å². The maximum Gasteiger partial charge on any atom is 0.227 e. The summed E-state index contributed by atoms with van der Waals surface area (Å²) >= 11 is 0. The number of aromatic nitrogens is 1. The molecule has 0 aliphatic heterocycles. The van der Waals surface area contributed by atoms with Crippen molar-refractivity contribution >= 4 is 11.5 Å². The highest BCUT2D eigenvalue weighted by Crippen LogP contribution is 2.04. The van der Waals surface area contributed by atoms with Gasteiger partial charge in [-0.3, -0.25) is 4.79 Å². The van der Waals surface area contributed by atoms with E-state index in [2.05, 4.69) is 0 Å². The van der Waals surface area contributed by atoms with E-state index in [0.717, 1.165) is 0 Å². The van der Waals surface area contributed by atoms with Gasteiger partial charge in [0.05, 0.1) is 5.69 Å². The van der Waals surface area contributed by atoms with Crippen LogP contribution in [0.25, 0.3) is 0 Å². The molecule has 0 aliphatic rings. The van der Waals surface area contributed by atoms with Gasteiger partial charge in [-0.2, -0.15) is 4.57 Å². The molecule has 5 heteroatoms. The molecule has 18 heavy (non-hydrogen) atoms. The molecular formula is C13H12BrFN2O. The lowest BCUT2D eigenvalue weighted by Gasteiger charge is -1.98. The van der Waals surface area contributed by atoms with Gasteiger partial charge in [0.2, 0.25) is 12.3 Å². The fourth-order valence-corrected chi connectivity index (χ4v) is 1.53. The molecule has 1 aromatic carbocycles. The molecule has 0 atom stereocenters. The number of hydrogen-bond donors (Lipinski definition) is 1. The van der Waals surface area contributed by atoms with Crippen molar-refractivity contribution in [2.45, 2.75) is 6.54 Å². The zero-order chi connectivity index (χ0) is 12.3. The third kappa shape index (κ3) is 3.63. The molecule has 2 aromatic rings. The number of ketones is 1. The summed E-state index contributed by atoms with van der Waals surface area (Å²) in [5.41, 5.74) is 6.70. The van der Waals surface area contributed by atoms with Crippen molar-refractivity contribution in [1.29, 1.82) is 0 Å². The van der Waals surface area contributed by atoms with Crippen LogP contribution in [-0.4, -0.2) is 5.78 Å². The van der Waals surface area contributed by atoms with E-state index in [1.807, 2.05) is 0 Å². The minimum atomic E-state index is -0.349. The molecule has 0 bridgehead atoms. The summed E-state index contributed by atoms with van der Waals surface area (Å²) < 4.78 is 14.4. The van der Waals surface area contributed by atoms with Crippen molar-refractivity contribution in [3.63, 3.8) is 0 Å². The Labute approximate surface area is 115 Å². The molecule has 1 heterocycles. The Bertz CT molecular complexity index is 543. The molecule has 0 saturated heterocycles. The van der Waals surface area contributed by atoms with Crippen LogP contribution in [0, 0.1) is 5.82 Å². The van der Waals surface area contributed by atoms with E-state index < -0.39 is 0 Å². The van der Waals surface area contributed by atoms with Crippen molar-refractivity contribution in [3.05, 3.63) is 60.2 Å². The van der Waals surface area contributed by atoms with Crippen LogP contribution in [0.1, 0.15) is 10.4 Å². The molecule has 0 unspecified atom stereocenters. The number of Topliss-reactive ketones (excluding diaryl/α,β-unsaturated/α-hetero) is 1. The number of nitrogens with zero attached hydrogens (tertiary/aromatic N) is 1. The average molecular weight is 311 g/mol. The smallest absolute Gasteiger partial charge is 0.227 e. The molecule has 1 aromatic heterocycles. The van der Waals surface area contributed by atoms with Gasteiger partial charge in [0.1, 0.15) is 5.82 Å². The Morgan fingerprint density at radius 3 is 2.50 bits per heavy atom. The number of anilines is 1. The number of rotatable bonds is 3. The number of nitrogen functional groups attached to an aromatic ring is 1. The second kappa shape index (κ2) is 6.26. The Balaban J connectivity index is 0.00000162. The molecule has 2 N–H and O–H groups in total. The van der Waals surface area contributed by atoms with Gasteiger partial charge in [-0.25, -0.2) is 4.39 Å². The third-order valence-corrected chi connectivity index (χ3v) is 2.37. The fraction of sp³-hybridized carbons (Fsp3) is 0.0769. The zero-order valence-electron chi connectivity index (χ0n) is 9.51. The van der Waals surface area contributed by atoms with Gasteiger partial charge in [0.15, 0.2) is 12.4 Å². The van der Waals surface area contributed by atoms with Crippen LogP contribution in [0.4, 0.5) is 10.1 Å². The number of benzene rings is 1. The van der Waals surface area contributed by atoms with Crippen molar-refractivity contribution in [3.8, 4) is 0 Å². The predicted molar refractivity (Wildman–Crippen MR) is 61.8 cm³/mol. The van der Waals surface area contributed by atoms with Crippen molar-refractivity contribution in [1.82, 2.24) is 0 Å². The molecule has 2 rings (SSSR count). The number of hydrogen-bond acceptors (Lipinski definition) is 2. The number of carbonyl (C=O) groups is 1. The molecule has 0 saturated carbocycles. The highest BCUT2D eigenvalue weighted by Gasteiger charge is 2.11. The van der Waals surface area contributed by atoms with Gasteiger partial charge < -0.3 is 22.7 Å². The maximum absolute atomic E-state index is 12.7.